The van der Waals surface area contributed by atoms with Crippen LogP contribution in [-0.2, 0) is 10.8 Å². The Bertz CT molecular complexity index is 318. The van der Waals surface area contributed by atoms with Crippen molar-refractivity contribution in [3.05, 3.63) is 21.4 Å². The Balaban J connectivity index is 3.19. The van der Waals surface area contributed by atoms with Gasteiger partial charge in [0.05, 0.1) is 0 Å². The van der Waals surface area contributed by atoms with Gasteiger partial charge in [0.15, 0.2) is 0 Å². The van der Waals surface area contributed by atoms with E-state index in [1.165, 1.54) is 15.3 Å². The Hall–Kier alpha value is -0.300. The molecule has 0 bridgehead atoms. The van der Waals surface area contributed by atoms with Crippen LogP contribution in [0.5, 0.6) is 0 Å². The lowest BCUT2D eigenvalue weighted by Gasteiger charge is -2.19. The highest BCUT2D eigenvalue weighted by molar-refractivity contribution is 7.12. The van der Waals surface area contributed by atoms with Crippen molar-refractivity contribution in [2.24, 2.45) is 0 Å². The Morgan fingerprint density at radius 1 is 0.929 bits per heavy atom. The van der Waals surface area contributed by atoms with Crippen LogP contribution >= 0.6 is 11.3 Å². The van der Waals surface area contributed by atoms with Gasteiger partial charge in [-0.3, -0.25) is 0 Å². The molecule has 1 aromatic heterocycles. The minimum Gasteiger partial charge on any atom is -0.145 e. The van der Waals surface area contributed by atoms with E-state index in [9.17, 15) is 0 Å². The molecule has 1 heteroatoms. The molecule has 1 rings (SSSR count). The monoisotopic (exact) mass is 210 g/mol. The first-order chi connectivity index (χ1) is 6.12. The van der Waals surface area contributed by atoms with Gasteiger partial charge in [-0.15, -0.1) is 11.3 Å². The first-order valence-corrected chi connectivity index (χ1v) is 6.05. The summed E-state index contributed by atoms with van der Waals surface area (Å²) in [5.41, 5.74) is 2.08. The molecule has 0 fully saturated rings. The van der Waals surface area contributed by atoms with E-state index in [1.54, 1.807) is 0 Å². The van der Waals surface area contributed by atoms with Gasteiger partial charge in [-0.25, -0.2) is 0 Å². The Morgan fingerprint density at radius 2 is 1.43 bits per heavy atom. The fourth-order valence-corrected chi connectivity index (χ4v) is 2.88. The largest absolute Gasteiger partial charge is 0.145 e. The molecule has 0 saturated heterocycles. The van der Waals surface area contributed by atoms with Crippen molar-refractivity contribution in [2.45, 2.75) is 59.3 Å². The van der Waals surface area contributed by atoms with Crippen LogP contribution in [0, 0.1) is 6.92 Å². The SMILES string of the molecule is Cc1sc(C(C)(C)C)cc1C(C)(C)C. The molecule has 80 valence electrons. The highest BCUT2D eigenvalue weighted by Crippen LogP contribution is 2.37. The molecule has 0 radical (unpaired) electrons. The first kappa shape index (κ1) is 11.8. The summed E-state index contributed by atoms with van der Waals surface area (Å²) >= 11 is 1.95. The van der Waals surface area contributed by atoms with Gasteiger partial charge >= 0.3 is 0 Å². The maximum atomic E-state index is 2.39. The molecule has 0 aliphatic heterocycles. The number of hydrogen-bond donors (Lipinski definition) is 0. The van der Waals surface area contributed by atoms with Crippen molar-refractivity contribution in [3.63, 3.8) is 0 Å². The predicted molar refractivity (Wildman–Crippen MR) is 66.5 cm³/mol. The van der Waals surface area contributed by atoms with Crippen LogP contribution in [0.25, 0.3) is 0 Å². The summed E-state index contributed by atoms with van der Waals surface area (Å²) in [6.07, 6.45) is 0. The molecule has 0 spiro atoms. The lowest BCUT2D eigenvalue weighted by Crippen LogP contribution is -2.12. The summed E-state index contributed by atoms with van der Waals surface area (Å²) in [6, 6.07) is 2.39. The van der Waals surface area contributed by atoms with Crippen LogP contribution in [0.4, 0.5) is 0 Å². The zero-order valence-electron chi connectivity index (χ0n) is 10.5. The summed E-state index contributed by atoms with van der Waals surface area (Å²) in [5.74, 6) is 0. The molecule has 0 amide bonds. The highest BCUT2D eigenvalue weighted by atomic mass is 32.1. The van der Waals surface area contributed by atoms with E-state index in [2.05, 4.69) is 54.5 Å². The van der Waals surface area contributed by atoms with Crippen molar-refractivity contribution in [3.8, 4) is 0 Å². The molecule has 0 saturated carbocycles. The topological polar surface area (TPSA) is 0 Å². The van der Waals surface area contributed by atoms with Crippen molar-refractivity contribution in [1.82, 2.24) is 0 Å². The summed E-state index contributed by atoms with van der Waals surface area (Å²) < 4.78 is 0. The third-order valence-electron chi connectivity index (χ3n) is 2.46. The minimum absolute atomic E-state index is 0.282. The minimum atomic E-state index is 0.282. The summed E-state index contributed by atoms with van der Waals surface area (Å²) in [4.78, 5) is 2.97. The van der Waals surface area contributed by atoms with E-state index >= 15 is 0 Å². The van der Waals surface area contributed by atoms with Crippen molar-refractivity contribution in [2.75, 3.05) is 0 Å². The molecule has 0 aliphatic rings. The third kappa shape index (κ3) is 2.38. The van der Waals surface area contributed by atoms with Crippen LogP contribution in [0.3, 0.4) is 0 Å². The standard InChI is InChI=1S/C13H22S/c1-9-10(12(2,3)4)8-11(14-9)13(5,6)7/h8H,1-7H3. The number of aryl methyl sites for hydroxylation is 1. The maximum Gasteiger partial charge on any atom is 0.0105 e. The van der Waals surface area contributed by atoms with Crippen LogP contribution in [0.2, 0.25) is 0 Å². The molecule has 0 aromatic carbocycles. The Morgan fingerprint density at radius 3 is 1.64 bits per heavy atom. The maximum absolute atomic E-state index is 2.39. The molecular weight excluding hydrogens is 188 g/mol. The Labute approximate surface area is 92.4 Å². The molecule has 14 heavy (non-hydrogen) atoms. The van der Waals surface area contributed by atoms with E-state index < -0.39 is 0 Å². The van der Waals surface area contributed by atoms with Crippen LogP contribution < -0.4 is 0 Å². The summed E-state index contributed by atoms with van der Waals surface area (Å²) in [7, 11) is 0. The van der Waals surface area contributed by atoms with Crippen LogP contribution in [0.1, 0.15) is 56.9 Å². The zero-order chi connectivity index (χ0) is 11.1. The van der Waals surface area contributed by atoms with Crippen LogP contribution in [0.15, 0.2) is 6.07 Å². The number of rotatable bonds is 0. The quantitative estimate of drug-likeness (QED) is 0.584. The average molecular weight is 210 g/mol. The fourth-order valence-electron chi connectivity index (χ4n) is 1.60. The number of hydrogen-bond acceptors (Lipinski definition) is 1. The summed E-state index contributed by atoms with van der Waals surface area (Å²) in [5, 5.41) is 0. The second-order valence-corrected chi connectivity index (χ2v) is 7.34. The zero-order valence-corrected chi connectivity index (χ0v) is 11.3. The molecule has 0 nitrogen and oxygen atoms in total. The van der Waals surface area contributed by atoms with Crippen molar-refractivity contribution >= 4 is 11.3 Å². The van der Waals surface area contributed by atoms with Gasteiger partial charge in [0, 0.05) is 9.75 Å². The predicted octanol–water partition coefficient (Wildman–Crippen LogP) is 4.65. The van der Waals surface area contributed by atoms with Gasteiger partial charge in [0.25, 0.3) is 0 Å². The normalized spacial score (nSPS) is 13.4. The smallest absolute Gasteiger partial charge is 0.0105 e. The molecule has 1 heterocycles. The first-order valence-electron chi connectivity index (χ1n) is 5.24. The lowest BCUT2D eigenvalue weighted by atomic mass is 9.85. The lowest BCUT2D eigenvalue weighted by molar-refractivity contribution is 0.579. The molecule has 0 N–H and O–H groups in total. The third-order valence-corrected chi connectivity index (χ3v) is 3.94. The van der Waals surface area contributed by atoms with E-state index in [4.69, 9.17) is 0 Å². The highest BCUT2D eigenvalue weighted by Gasteiger charge is 2.23. The van der Waals surface area contributed by atoms with Gasteiger partial charge in [-0.1, -0.05) is 41.5 Å². The van der Waals surface area contributed by atoms with Crippen molar-refractivity contribution < 1.29 is 0 Å². The summed E-state index contributed by atoms with van der Waals surface area (Å²) in [6.45, 7) is 15.9. The van der Waals surface area contributed by atoms with Gasteiger partial charge in [0.1, 0.15) is 0 Å². The van der Waals surface area contributed by atoms with Crippen molar-refractivity contribution in [1.29, 1.82) is 0 Å². The average Bonchev–Trinajstić information content (AvgIpc) is 2.27. The van der Waals surface area contributed by atoms with E-state index in [0.717, 1.165) is 0 Å². The molecular formula is C13H22S. The van der Waals surface area contributed by atoms with Gasteiger partial charge in [-0.2, -0.15) is 0 Å². The molecule has 0 unspecified atom stereocenters. The van der Waals surface area contributed by atoms with Gasteiger partial charge in [0.2, 0.25) is 0 Å². The molecule has 0 atom stereocenters. The van der Waals surface area contributed by atoms with Gasteiger partial charge in [-0.05, 0) is 29.4 Å². The fraction of sp³-hybridized carbons (Fsp3) is 0.692. The van der Waals surface area contributed by atoms with Crippen LogP contribution in [-0.4, -0.2) is 0 Å². The van der Waals surface area contributed by atoms with Gasteiger partial charge < -0.3 is 0 Å². The second kappa shape index (κ2) is 3.37. The Kier molecular flexibility index (Phi) is 2.84. The number of thiophene rings is 1. The van der Waals surface area contributed by atoms with E-state index in [-0.39, 0.29) is 5.41 Å². The van der Waals surface area contributed by atoms with E-state index in [0.29, 0.717) is 5.41 Å². The molecule has 0 aliphatic carbocycles. The molecule has 1 aromatic rings. The second-order valence-electron chi connectivity index (χ2n) is 6.08. The van der Waals surface area contributed by atoms with E-state index in [1.807, 2.05) is 11.3 Å².